The highest BCUT2D eigenvalue weighted by molar-refractivity contribution is 5.88. The highest BCUT2D eigenvalue weighted by atomic mass is 16.5. The Hall–Kier alpha value is -1.97. The summed E-state index contributed by atoms with van der Waals surface area (Å²) >= 11 is 0. The van der Waals surface area contributed by atoms with E-state index in [-0.39, 0.29) is 5.97 Å². The van der Waals surface area contributed by atoms with E-state index < -0.39 is 0 Å². The lowest BCUT2D eigenvalue weighted by atomic mass is 10.1. The Morgan fingerprint density at radius 2 is 2.05 bits per heavy atom. The topological polar surface area (TPSA) is 41.6 Å². The molecule has 4 nitrogen and oxygen atoms in total. The molecule has 0 radical (unpaired) electrons. The predicted molar refractivity (Wildman–Crippen MR) is 72.2 cm³/mol. The average Bonchev–Trinajstić information content (AvgIpc) is 3.05. The minimum absolute atomic E-state index is 0.233. The van der Waals surface area contributed by atoms with Gasteiger partial charge in [-0.1, -0.05) is 24.3 Å². The molecule has 0 fully saturated rings. The fraction of sp³-hybridized carbons (Fsp3) is 0.400. The molecule has 1 aromatic rings. The van der Waals surface area contributed by atoms with E-state index in [1.165, 1.54) is 11.1 Å². The molecule has 0 bridgehead atoms. The van der Waals surface area contributed by atoms with Crippen molar-refractivity contribution in [3.63, 3.8) is 0 Å². The number of carbonyl (C=O) groups excluding carboxylic acids is 1. The largest absolute Gasteiger partial charge is 0.461 e. The summed E-state index contributed by atoms with van der Waals surface area (Å²) in [6.45, 7) is 2.93. The zero-order chi connectivity index (χ0) is 13.2. The number of nitrogens with zero attached hydrogens (tertiary/aromatic N) is 1. The van der Waals surface area contributed by atoms with Crippen LogP contribution in [0.15, 0.2) is 36.2 Å². The number of esters is 1. The third-order valence-electron chi connectivity index (χ3n) is 3.76. The highest BCUT2D eigenvalue weighted by Gasteiger charge is 2.32. The van der Waals surface area contributed by atoms with E-state index in [4.69, 9.17) is 4.74 Å². The molecule has 1 aromatic carbocycles. The number of ether oxygens (including phenoxy) is 1. The van der Waals surface area contributed by atoms with Crippen molar-refractivity contribution in [1.29, 1.82) is 0 Å². The maximum Gasteiger partial charge on any atom is 0.356 e. The first-order chi connectivity index (χ1) is 9.29. The zero-order valence-corrected chi connectivity index (χ0v) is 11.1. The summed E-state index contributed by atoms with van der Waals surface area (Å²) in [6.07, 6.45) is 3.75. The van der Waals surface area contributed by atoms with Gasteiger partial charge < -0.3 is 15.0 Å². The van der Waals surface area contributed by atoms with Crippen molar-refractivity contribution in [2.45, 2.75) is 25.8 Å². The van der Waals surface area contributed by atoms with Crippen molar-refractivity contribution in [2.24, 2.45) is 0 Å². The van der Waals surface area contributed by atoms with Gasteiger partial charge in [-0.05, 0) is 30.9 Å². The van der Waals surface area contributed by atoms with Crippen molar-refractivity contribution in [2.75, 3.05) is 13.3 Å². The van der Waals surface area contributed by atoms with Crippen LogP contribution in [0.2, 0.25) is 0 Å². The third kappa shape index (κ3) is 2.18. The molecule has 1 N–H and O–H groups in total. The Balaban J connectivity index is 1.74. The van der Waals surface area contributed by atoms with Crippen LogP contribution in [0.4, 0.5) is 0 Å². The number of hydrogen-bond donors (Lipinski definition) is 1. The lowest BCUT2D eigenvalue weighted by Gasteiger charge is -2.26. The molecule has 1 heterocycles. The van der Waals surface area contributed by atoms with Gasteiger partial charge in [-0.15, -0.1) is 0 Å². The molecule has 0 saturated carbocycles. The summed E-state index contributed by atoms with van der Waals surface area (Å²) in [5.74, 6) is -0.233. The molecule has 3 rings (SSSR count). The summed E-state index contributed by atoms with van der Waals surface area (Å²) < 4.78 is 5.10. The fourth-order valence-electron chi connectivity index (χ4n) is 2.87. The summed E-state index contributed by atoms with van der Waals surface area (Å²) in [5.41, 5.74) is 3.44. The molecule has 1 aliphatic heterocycles. The standard InChI is InChI=1S/C15H18N2O2/c1-2-19-15(18)14-9-16-10-17(14)13-7-11-5-3-4-6-12(11)8-13/h3-6,9,13,16H,2,7-8,10H2,1H3. The summed E-state index contributed by atoms with van der Waals surface area (Å²) in [4.78, 5) is 14.0. The van der Waals surface area contributed by atoms with Gasteiger partial charge in [0, 0.05) is 12.2 Å². The second kappa shape index (κ2) is 4.96. The SMILES string of the molecule is CCOC(=O)C1=CNCN1C1Cc2ccccc2C1. The Morgan fingerprint density at radius 3 is 2.68 bits per heavy atom. The lowest BCUT2D eigenvalue weighted by Crippen LogP contribution is -2.38. The number of nitrogens with one attached hydrogen (secondary N) is 1. The molecule has 100 valence electrons. The van der Waals surface area contributed by atoms with Crippen molar-refractivity contribution < 1.29 is 9.53 Å². The first kappa shape index (κ1) is 12.1. The van der Waals surface area contributed by atoms with E-state index in [0.717, 1.165) is 12.8 Å². The van der Waals surface area contributed by atoms with Gasteiger partial charge >= 0.3 is 5.97 Å². The smallest absolute Gasteiger partial charge is 0.356 e. The quantitative estimate of drug-likeness (QED) is 0.833. The molecule has 0 atom stereocenters. The molecule has 0 amide bonds. The van der Waals surface area contributed by atoms with E-state index in [1.54, 1.807) is 6.20 Å². The van der Waals surface area contributed by atoms with Gasteiger partial charge in [0.05, 0.1) is 13.3 Å². The van der Waals surface area contributed by atoms with E-state index in [0.29, 0.717) is 25.0 Å². The van der Waals surface area contributed by atoms with E-state index >= 15 is 0 Å². The molecule has 1 aliphatic carbocycles. The number of rotatable bonds is 3. The minimum atomic E-state index is -0.233. The lowest BCUT2D eigenvalue weighted by molar-refractivity contribution is -0.140. The summed E-state index contributed by atoms with van der Waals surface area (Å²) in [6, 6.07) is 8.85. The molecule has 0 saturated heterocycles. The molecule has 19 heavy (non-hydrogen) atoms. The number of benzene rings is 1. The van der Waals surface area contributed by atoms with Crippen LogP contribution < -0.4 is 5.32 Å². The molecule has 2 aliphatic rings. The second-order valence-electron chi connectivity index (χ2n) is 4.91. The van der Waals surface area contributed by atoms with Crippen molar-refractivity contribution in [1.82, 2.24) is 10.2 Å². The number of carbonyl (C=O) groups is 1. The third-order valence-corrected chi connectivity index (χ3v) is 3.76. The molecular weight excluding hydrogens is 240 g/mol. The van der Waals surface area contributed by atoms with Gasteiger partial charge in [-0.2, -0.15) is 0 Å². The van der Waals surface area contributed by atoms with Crippen molar-refractivity contribution >= 4 is 5.97 Å². The van der Waals surface area contributed by atoms with Crippen LogP contribution in [0.1, 0.15) is 18.1 Å². The number of hydrogen-bond acceptors (Lipinski definition) is 4. The fourth-order valence-corrected chi connectivity index (χ4v) is 2.87. The van der Waals surface area contributed by atoms with Crippen LogP contribution in [-0.4, -0.2) is 30.2 Å². The first-order valence-corrected chi connectivity index (χ1v) is 6.73. The van der Waals surface area contributed by atoms with Gasteiger partial charge in [-0.3, -0.25) is 0 Å². The second-order valence-corrected chi connectivity index (χ2v) is 4.91. The molecule has 0 unspecified atom stereocenters. The minimum Gasteiger partial charge on any atom is -0.461 e. The van der Waals surface area contributed by atoms with E-state index in [1.807, 2.05) is 6.92 Å². The van der Waals surface area contributed by atoms with Crippen LogP contribution >= 0.6 is 0 Å². The van der Waals surface area contributed by atoms with Gasteiger partial charge in [0.1, 0.15) is 5.70 Å². The first-order valence-electron chi connectivity index (χ1n) is 6.73. The summed E-state index contributed by atoms with van der Waals surface area (Å²) in [5, 5.41) is 3.13. The van der Waals surface area contributed by atoms with Crippen LogP contribution in [0.25, 0.3) is 0 Å². The van der Waals surface area contributed by atoms with Gasteiger partial charge in [0.15, 0.2) is 0 Å². The normalized spacial score (nSPS) is 17.9. The Morgan fingerprint density at radius 1 is 1.37 bits per heavy atom. The highest BCUT2D eigenvalue weighted by Crippen LogP contribution is 2.28. The monoisotopic (exact) mass is 258 g/mol. The van der Waals surface area contributed by atoms with Crippen LogP contribution in [-0.2, 0) is 22.4 Å². The molecule has 4 heteroatoms. The van der Waals surface area contributed by atoms with E-state index in [9.17, 15) is 4.79 Å². The van der Waals surface area contributed by atoms with Crippen molar-refractivity contribution in [3.8, 4) is 0 Å². The zero-order valence-electron chi connectivity index (χ0n) is 11.1. The molecule has 0 spiro atoms. The predicted octanol–water partition coefficient (Wildman–Crippen LogP) is 1.42. The number of fused-ring (bicyclic) bond motifs is 1. The molecular formula is C15H18N2O2. The van der Waals surface area contributed by atoms with Crippen LogP contribution in [0, 0.1) is 0 Å². The maximum atomic E-state index is 11.9. The van der Waals surface area contributed by atoms with Gasteiger partial charge in [0.25, 0.3) is 0 Å². The van der Waals surface area contributed by atoms with Crippen molar-refractivity contribution in [3.05, 3.63) is 47.3 Å². The van der Waals surface area contributed by atoms with E-state index in [2.05, 4.69) is 34.5 Å². The average molecular weight is 258 g/mol. The maximum absolute atomic E-state index is 11.9. The van der Waals surface area contributed by atoms with Gasteiger partial charge in [-0.25, -0.2) is 4.79 Å². The van der Waals surface area contributed by atoms with Crippen LogP contribution in [0.5, 0.6) is 0 Å². The Kier molecular flexibility index (Phi) is 3.15. The molecule has 0 aromatic heterocycles. The Bertz CT molecular complexity index is 500. The summed E-state index contributed by atoms with van der Waals surface area (Å²) in [7, 11) is 0. The Labute approximate surface area is 113 Å². The van der Waals surface area contributed by atoms with Gasteiger partial charge in [0.2, 0.25) is 0 Å². The van der Waals surface area contributed by atoms with Crippen LogP contribution in [0.3, 0.4) is 0 Å².